The lowest BCUT2D eigenvalue weighted by atomic mass is 10.2. The van der Waals surface area contributed by atoms with Crippen LogP contribution < -0.4 is 10.6 Å². The summed E-state index contributed by atoms with van der Waals surface area (Å²) in [6.07, 6.45) is -1.26. The van der Waals surface area contributed by atoms with E-state index in [-0.39, 0.29) is 31.1 Å². The van der Waals surface area contributed by atoms with Gasteiger partial charge in [-0.15, -0.1) is 0 Å². The molecular formula is C15H31FN2O3. The predicted octanol–water partition coefficient (Wildman–Crippen LogP) is 1.52. The molecule has 0 radical (unpaired) electrons. The third-order valence-electron chi connectivity index (χ3n) is 2.73. The average Bonchev–Trinajstić information content (AvgIpc) is 2.40. The number of hydrogen-bond donors (Lipinski definition) is 2. The van der Waals surface area contributed by atoms with Crippen LogP contribution in [0.5, 0.6) is 0 Å². The van der Waals surface area contributed by atoms with Crippen molar-refractivity contribution < 1.29 is 18.7 Å². The fourth-order valence-electron chi connectivity index (χ4n) is 1.49. The maximum absolute atomic E-state index is 13.5. The molecular weight excluding hydrogens is 275 g/mol. The van der Waals surface area contributed by atoms with E-state index in [0.29, 0.717) is 19.3 Å². The first-order valence-corrected chi connectivity index (χ1v) is 7.67. The van der Waals surface area contributed by atoms with Crippen LogP contribution in [0.15, 0.2) is 0 Å². The van der Waals surface area contributed by atoms with Gasteiger partial charge in [-0.05, 0) is 6.92 Å². The van der Waals surface area contributed by atoms with Gasteiger partial charge in [0, 0.05) is 18.5 Å². The second-order valence-corrected chi connectivity index (χ2v) is 5.82. The van der Waals surface area contributed by atoms with Crippen molar-refractivity contribution in [3.63, 3.8) is 0 Å². The molecule has 0 aromatic heterocycles. The Morgan fingerprint density at radius 2 is 1.81 bits per heavy atom. The molecule has 0 aromatic rings. The number of rotatable bonds is 12. The number of amides is 1. The van der Waals surface area contributed by atoms with Gasteiger partial charge in [0.25, 0.3) is 0 Å². The maximum atomic E-state index is 13.5. The quantitative estimate of drug-likeness (QED) is 0.537. The van der Waals surface area contributed by atoms with E-state index in [1.54, 1.807) is 13.8 Å². The molecule has 0 aliphatic heterocycles. The minimum absolute atomic E-state index is 0.00937. The Morgan fingerprint density at radius 1 is 1.14 bits per heavy atom. The number of nitrogens with one attached hydrogen (secondary N) is 2. The summed E-state index contributed by atoms with van der Waals surface area (Å²) < 4.78 is 24.3. The van der Waals surface area contributed by atoms with E-state index in [2.05, 4.69) is 24.5 Å². The van der Waals surface area contributed by atoms with E-state index in [4.69, 9.17) is 9.47 Å². The number of alkyl halides is 1. The number of carbonyl (C=O) groups excluding carboxylic acids is 1. The summed E-state index contributed by atoms with van der Waals surface area (Å²) in [6.45, 7) is 11.3. The molecule has 0 bridgehead atoms. The molecule has 0 saturated carbocycles. The van der Waals surface area contributed by atoms with Gasteiger partial charge in [-0.2, -0.15) is 0 Å². The molecule has 0 fully saturated rings. The molecule has 0 spiro atoms. The molecule has 5 nitrogen and oxygen atoms in total. The lowest BCUT2D eigenvalue weighted by molar-refractivity contribution is -0.124. The zero-order valence-corrected chi connectivity index (χ0v) is 13.9. The SMILES string of the molecule is CC(C)NCCOC(C)COCC(F)CNC(=O)C(C)C. The summed E-state index contributed by atoms with van der Waals surface area (Å²) >= 11 is 0. The summed E-state index contributed by atoms with van der Waals surface area (Å²) in [5, 5.41) is 5.78. The zero-order chi connectivity index (χ0) is 16.3. The van der Waals surface area contributed by atoms with Crippen molar-refractivity contribution in [1.82, 2.24) is 10.6 Å². The first kappa shape index (κ1) is 20.3. The standard InChI is InChI=1S/C15H31FN2O3/c1-11(2)15(19)18-8-14(16)10-20-9-13(5)21-7-6-17-12(3)4/h11-14,17H,6-10H2,1-5H3,(H,18,19). The highest BCUT2D eigenvalue weighted by Crippen LogP contribution is 1.97. The Bertz CT molecular complexity index is 276. The van der Waals surface area contributed by atoms with E-state index in [1.165, 1.54) is 0 Å². The third kappa shape index (κ3) is 12.7. The van der Waals surface area contributed by atoms with Crippen molar-refractivity contribution in [3.05, 3.63) is 0 Å². The van der Waals surface area contributed by atoms with Gasteiger partial charge >= 0.3 is 0 Å². The second kappa shape index (κ2) is 11.9. The molecule has 2 unspecified atom stereocenters. The first-order valence-electron chi connectivity index (χ1n) is 7.67. The lowest BCUT2D eigenvalue weighted by Crippen LogP contribution is -2.35. The van der Waals surface area contributed by atoms with Crippen molar-refractivity contribution >= 4 is 5.91 Å². The van der Waals surface area contributed by atoms with Crippen LogP contribution in [0, 0.1) is 5.92 Å². The highest BCUT2D eigenvalue weighted by atomic mass is 19.1. The van der Waals surface area contributed by atoms with E-state index >= 15 is 0 Å². The summed E-state index contributed by atoms with van der Waals surface area (Å²) in [5.41, 5.74) is 0. The van der Waals surface area contributed by atoms with Crippen molar-refractivity contribution in [2.24, 2.45) is 5.92 Å². The van der Waals surface area contributed by atoms with Gasteiger partial charge in [-0.3, -0.25) is 4.79 Å². The van der Waals surface area contributed by atoms with Crippen LogP contribution >= 0.6 is 0 Å². The maximum Gasteiger partial charge on any atom is 0.222 e. The van der Waals surface area contributed by atoms with E-state index in [0.717, 1.165) is 6.54 Å². The van der Waals surface area contributed by atoms with Gasteiger partial charge < -0.3 is 20.1 Å². The largest absolute Gasteiger partial charge is 0.376 e. The Labute approximate surface area is 128 Å². The molecule has 0 saturated heterocycles. The Morgan fingerprint density at radius 3 is 2.38 bits per heavy atom. The monoisotopic (exact) mass is 306 g/mol. The summed E-state index contributed by atoms with van der Waals surface area (Å²) in [7, 11) is 0. The van der Waals surface area contributed by atoms with Crippen LogP contribution in [0.4, 0.5) is 4.39 Å². The summed E-state index contributed by atoms with van der Waals surface area (Å²) in [6, 6.07) is 0.438. The topological polar surface area (TPSA) is 59.6 Å². The molecule has 2 N–H and O–H groups in total. The molecule has 0 heterocycles. The minimum Gasteiger partial charge on any atom is -0.376 e. The average molecular weight is 306 g/mol. The van der Waals surface area contributed by atoms with Crippen molar-refractivity contribution in [2.45, 2.75) is 52.9 Å². The molecule has 0 aromatic carbocycles. The van der Waals surface area contributed by atoms with Gasteiger partial charge in [-0.25, -0.2) is 4.39 Å². The van der Waals surface area contributed by atoms with Crippen LogP contribution in [-0.2, 0) is 14.3 Å². The Kier molecular flexibility index (Phi) is 11.5. The molecule has 0 aliphatic rings. The highest BCUT2D eigenvalue weighted by molar-refractivity contribution is 5.77. The van der Waals surface area contributed by atoms with E-state index < -0.39 is 6.17 Å². The van der Waals surface area contributed by atoms with Crippen LogP contribution in [0.2, 0.25) is 0 Å². The number of halogens is 1. The number of hydrogen-bond acceptors (Lipinski definition) is 4. The van der Waals surface area contributed by atoms with Crippen LogP contribution in [0.25, 0.3) is 0 Å². The Hall–Kier alpha value is -0.720. The van der Waals surface area contributed by atoms with Crippen LogP contribution in [0.3, 0.4) is 0 Å². The highest BCUT2D eigenvalue weighted by Gasteiger charge is 2.12. The predicted molar refractivity (Wildman–Crippen MR) is 82.1 cm³/mol. The molecule has 1 amide bonds. The van der Waals surface area contributed by atoms with Crippen molar-refractivity contribution in [1.29, 1.82) is 0 Å². The van der Waals surface area contributed by atoms with E-state index in [1.807, 2.05) is 6.92 Å². The fourth-order valence-corrected chi connectivity index (χ4v) is 1.49. The van der Waals surface area contributed by atoms with Gasteiger partial charge in [0.2, 0.25) is 5.91 Å². The van der Waals surface area contributed by atoms with Gasteiger partial charge in [0.15, 0.2) is 0 Å². The van der Waals surface area contributed by atoms with Gasteiger partial charge in [-0.1, -0.05) is 27.7 Å². The second-order valence-electron chi connectivity index (χ2n) is 5.82. The van der Waals surface area contributed by atoms with Gasteiger partial charge in [0.1, 0.15) is 6.17 Å². The van der Waals surface area contributed by atoms with Crippen LogP contribution in [-0.4, -0.2) is 57.1 Å². The minimum atomic E-state index is -1.19. The normalized spacial score (nSPS) is 14.5. The van der Waals surface area contributed by atoms with E-state index in [9.17, 15) is 9.18 Å². The molecule has 21 heavy (non-hydrogen) atoms. The van der Waals surface area contributed by atoms with Crippen LogP contribution in [0.1, 0.15) is 34.6 Å². The molecule has 126 valence electrons. The lowest BCUT2D eigenvalue weighted by Gasteiger charge is -2.16. The van der Waals surface area contributed by atoms with Crippen molar-refractivity contribution in [2.75, 3.05) is 32.9 Å². The Balaban J connectivity index is 3.53. The zero-order valence-electron chi connectivity index (χ0n) is 13.9. The summed E-state index contributed by atoms with van der Waals surface area (Å²) in [5.74, 6) is -0.280. The molecule has 6 heteroatoms. The summed E-state index contributed by atoms with van der Waals surface area (Å²) in [4.78, 5) is 11.3. The molecule has 0 rings (SSSR count). The first-order chi connectivity index (χ1) is 9.82. The van der Waals surface area contributed by atoms with Crippen molar-refractivity contribution in [3.8, 4) is 0 Å². The van der Waals surface area contributed by atoms with Gasteiger partial charge in [0.05, 0.1) is 32.5 Å². The number of ether oxygens (including phenoxy) is 2. The smallest absolute Gasteiger partial charge is 0.222 e. The number of carbonyl (C=O) groups is 1. The molecule has 2 atom stereocenters. The fraction of sp³-hybridized carbons (Fsp3) is 0.933. The molecule has 0 aliphatic carbocycles. The third-order valence-corrected chi connectivity index (χ3v) is 2.73.